The van der Waals surface area contributed by atoms with Crippen molar-refractivity contribution in [2.75, 3.05) is 11.9 Å². The van der Waals surface area contributed by atoms with Crippen LogP contribution in [-0.4, -0.2) is 18.7 Å². The maximum Gasteiger partial charge on any atom is 0.238 e. The van der Waals surface area contributed by atoms with Crippen LogP contribution in [0.4, 0.5) is 5.69 Å². The average molecular weight is 320 g/mol. The van der Waals surface area contributed by atoms with Gasteiger partial charge >= 0.3 is 0 Å². The summed E-state index contributed by atoms with van der Waals surface area (Å²) in [6, 6.07) is 5.79. The summed E-state index contributed by atoms with van der Waals surface area (Å²) < 4.78 is 0.908. The van der Waals surface area contributed by atoms with Gasteiger partial charge in [-0.05, 0) is 31.6 Å². The highest BCUT2D eigenvalue weighted by Gasteiger charge is 2.52. The number of hydrogen-bond acceptors (Lipinski definition) is 2. The van der Waals surface area contributed by atoms with E-state index in [4.69, 9.17) is 0 Å². The van der Waals surface area contributed by atoms with E-state index in [1.54, 1.807) is 18.0 Å². The Labute approximate surface area is 120 Å². The van der Waals surface area contributed by atoms with E-state index in [0.29, 0.717) is 6.42 Å². The van der Waals surface area contributed by atoms with Gasteiger partial charge in [-0.1, -0.05) is 27.6 Å². The Morgan fingerprint density at radius 1 is 1.26 bits per heavy atom. The minimum Gasteiger partial charge on any atom is -0.314 e. The topological polar surface area (TPSA) is 37.4 Å². The van der Waals surface area contributed by atoms with E-state index in [1.807, 2.05) is 25.1 Å². The van der Waals surface area contributed by atoms with E-state index < -0.39 is 5.41 Å². The predicted octanol–water partition coefficient (Wildman–Crippen LogP) is 2.97. The molecule has 1 heterocycles. The molecule has 2 aliphatic rings. The van der Waals surface area contributed by atoms with E-state index >= 15 is 0 Å². The van der Waals surface area contributed by atoms with Crippen molar-refractivity contribution >= 4 is 33.3 Å². The summed E-state index contributed by atoms with van der Waals surface area (Å²) >= 11 is 3.54. The van der Waals surface area contributed by atoms with E-state index in [9.17, 15) is 9.59 Å². The van der Waals surface area contributed by atoms with Crippen LogP contribution in [0.1, 0.15) is 25.3 Å². The van der Waals surface area contributed by atoms with Crippen LogP contribution in [0.15, 0.2) is 34.3 Å². The molecule has 0 saturated carbocycles. The summed E-state index contributed by atoms with van der Waals surface area (Å²) in [5.74, 6) is 0.0595. The molecule has 0 unspecified atom stereocenters. The van der Waals surface area contributed by atoms with Crippen LogP contribution in [0.25, 0.3) is 0 Å². The number of allylic oxidation sites excluding steroid dienone is 2. The molecule has 1 spiro atoms. The zero-order valence-corrected chi connectivity index (χ0v) is 12.5. The van der Waals surface area contributed by atoms with Crippen LogP contribution in [-0.2, 0) is 15.0 Å². The van der Waals surface area contributed by atoms with E-state index in [2.05, 4.69) is 15.9 Å². The Balaban J connectivity index is 2.27. The fourth-order valence-electron chi connectivity index (χ4n) is 3.34. The third kappa shape index (κ3) is 1.62. The van der Waals surface area contributed by atoms with Gasteiger partial charge in [0.05, 0.1) is 5.41 Å². The smallest absolute Gasteiger partial charge is 0.238 e. The standard InChI is InChI=1S/C15H14BrNO2/c1-9-6-10(18)8-15(7-9)13-11(16)4-3-5-12(13)17(2)14(15)19/h3-6H,7-8H2,1-2H3/t15-/m0/s1. The lowest BCUT2D eigenvalue weighted by Crippen LogP contribution is -2.42. The van der Waals surface area contributed by atoms with Crippen LogP contribution >= 0.6 is 15.9 Å². The van der Waals surface area contributed by atoms with Gasteiger partial charge in [-0.15, -0.1) is 0 Å². The first-order chi connectivity index (χ1) is 8.95. The highest BCUT2D eigenvalue weighted by atomic mass is 79.9. The molecule has 98 valence electrons. The predicted molar refractivity (Wildman–Crippen MR) is 77.2 cm³/mol. The minimum absolute atomic E-state index is 0.0233. The van der Waals surface area contributed by atoms with Crippen LogP contribution in [0.5, 0.6) is 0 Å². The molecule has 0 fully saturated rings. The number of halogens is 1. The van der Waals surface area contributed by atoms with Gasteiger partial charge in [-0.25, -0.2) is 0 Å². The van der Waals surface area contributed by atoms with Gasteiger partial charge in [0.2, 0.25) is 5.91 Å². The van der Waals surface area contributed by atoms with Crippen molar-refractivity contribution in [2.45, 2.75) is 25.2 Å². The Hall–Kier alpha value is -1.42. The lowest BCUT2D eigenvalue weighted by molar-refractivity contribution is -0.127. The van der Waals surface area contributed by atoms with Crippen LogP contribution < -0.4 is 4.90 Å². The second-order valence-electron chi connectivity index (χ2n) is 5.39. The number of rotatable bonds is 0. The lowest BCUT2D eigenvalue weighted by Gasteiger charge is -2.31. The number of fused-ring (bicyclic) bond motifs is 2. The largest absolute Gasteiger partial charge is 0.314 e. The number of carbonyl (C=O) groups is 2. The van der Waals surface area contributed by atoms with Crippen molar-refractivity contribution in [1.82, 2.24) is 0 Å². The summed E-state index contributed by atoms with van der Waals surface area (Å²) in [7, 11) is 1.78. The zero-order valence-electron chi connectivity index (χ0n) is 10.9. The minimum atomic E-state index is -0.708. The number of likely N-dealkylation sites (N-methyl/N-ethyl adjacent to an activating group) is 1. The molecule has 1 amide bonds. The summed E-state index contributed by atoms with van der Waals surface area (Å²) in [5.41, 5.74) is 2.13. The number of ketones is 1. The van der Waals surface area contributed by atoms with Crippen molar-refractivity contribution in [3.05, 3.63) is 39.9 Å². The molecule has 1 aromatic carbocycles. The highest BCUT2D eigenvalue weighted by Crippen LogP contribution is 2.51. The molecule has 0 N–H and O–H groups in total. The number of nitrogens with zero attached hydrogens (tertiary/aromatic N) is 1. The maximum atomic E-state index is 12.7. The highest BCUT2D eigenvalue weighted by molar-refractivity contribution is 9.10. The molecule has 0 aromatic heterocycles. The van der Waals surface area contributed by atoms with Gasteiger partial charge in [0.1, 0.15) is 0 Å². The fraction of sp³-hybridized carbons (Fsp3) is 0.333. The van der Waals surface area contributed by atoms with Gasteiger partial charge in [-0.3, -0.25) is 9.59 Å². The normalized spacial score (nSPS) is 25.8. The molecule has 4 heteroatoms. The molecule has 3 rings (SSSR count). The van der Waals surface area contributed by atoms with Crippen molar-refractivity contribution in [3.63, 3.8) is 0 Å². The maximum absolute atomic E-state index is 12.7. The summed E-state index contributed by atoms with van der Waals surface area (Å²) in [5, 5.41) is 0. The summed E-state index contributed by atoms with van der Waals surface area (Å²) in [6.45, 7) is 1.92. The SMILES string of the molecule is CC1=CC(=O)C[C@]2(C1)C(=O)N(C)c1cccc(Br)c12. The molecule has 1 aliphatic carbocycles. The van der Waals surface area contributed by atoms with E-state index in [-0.39, 0.29) is 18.1 Å². The third-order valence-electron chi connectivity index (χ3n) is 4.01. The number of carbonyl (C=O) groups excluding carboxylic acids is 2. The number of anilines is 1. The molecule has 0 radical (unpaired) electrons. The molecule has 3 nitrogen and oxygen atoms in total. The molecule has 19 heavy (non-hydrogen) atoms. The zero-order chi connectivity index (χ0) is 13.8. The van der Waals surface area contributed by atoms with E-state index in [0.717, 1.165) is 21.3 Å². The lowest BCUT2D eigenvalue weighted by atomic mass is 9.70. The average Bonchev–Trinajstić information content (AvgIpc) is 2.52. The second kappa shape index (κ2) is 4.04. The molecular weight excluding hydrogens is 306 g/mol. The Morgan fingerprint density at radius 3 is 2.68 bits per heavy atom. The van der Waals surface area contributed by atoms with Crippen molar-refractivity contribution in [3.8, 4) is 0 Å². The molecule has 0 bridgehead atoms. The Kier molecular flexibility index (Phi) is 2.68. The van der Waals surface area contributed by atoms with Crippen molar-refractivity contribution in [1.29, 1.82) is 0 Å². The molecular formula is C15H14BrNO2. The van der Waals surface area contributed by atoms with Crippen LogP contribution in [0.3, 0.4) is 0 Å². The molecule has 0 saturated heterocycles. The molecule has 1 aliphatic heterocycles. The van der Waals surface area contributed by atoms with Crippen molar-refractivity contribution < 1.29 is 9.59 Å². The van der Waals surface area contributed by atoms with Gasteiger partial charge < -0.3 is 4.90 Å². The third-order valence-corrected chi connectivity index (χ3v) is 4.67. The molecule has 1 atom stereocenters. The summed E-state index contributed by atoms with van der Waals surface area (Å²) in [4.78, 5) is 26.3. The van der Waals surface area contributed by atoms with Crippen LogP contribution in [0.2, 0.25) is 0 Å². The Bertz CT molecular complexity index is 635. The monoisotopic (exact) mass is 319 g/mol. The van der Waals surface area contributed by atoms with Gasteiger partial charge in [0.25, 0.3) is 0 Å². The van der Waals surface area contributed by atoms with Gasteiger partial charge in [0, 0.05) is 29.2 Å². The number of amides is 1. The summed E-state index contributed by atoms with van der Waals surface area (Å²) in [6.07, 6.45) is 2.55. The van der Waals surface area contributed by atoms with Crippen molar-refractivity contribution in [2.24, 2.45) is 0 Å². The van der Waals surface area contributed by atoms with Crippen LogP contribution in [0, 0.1) is 0 Å². The Morgan fingerprint density at radius 2 is 2.00 bits per heavy atom. The fourth-order valence-corrected chi connectivity index (χ4v) is 4.08. The first-order valence-corrected chi connectivity index (χ1v) is 7.02. The number of benzene rings is 1. The van der Waals surface area contributed by atoms with E-state index in [1.165, 1.54) is 0 Å². The number of hydrogen-bond donors (Lipinski definition) is 0. The second-order valence-corrected chi connectivity index (χ2v) is 6.25. The molecule has 1 aromatic rings. The first-order valence-electron chi connectivity index (χ1n) is 6.23. The first kappa shape index (κ1) is 12.6. The van der Waals surface area contributed by atoms with Gasteiger partial charge in [-0.2, -0.15) is 0 Å². The quantitative estimate of drug-likeness (QED) is 0.737. The van der Waals surface area contributed by atoms with Gasteiger partial charge in [0.15, 0.2) is 5.78 Å².